The molecule has 126 valence electrons. The Balaban J connectivity index is 1.79. The molecule has 3 rings (SSSR count). The molecule has 0 aliphatic carbocycles. The number of carbonyl (C=O) groups is 1. The largest absolute Gasteiger partial charge is 0.497 e. The van der Waals surface area contributed by atoms with Gasteiger partial charge in [-0.05, 0) is 67.1 Å². The van der Waals surface area contributed by atoms with Crippen molar-refractivity contribution < 1.29 is 9.53 Å². The highest BCUT2D eigenvalue weighted by atomic mass is 16.5. The molecule has 1 atom stereocenters. The first-order valence-corrected chi connectivity index (χ1v) is 8.30. The van der Waals surface area contributed by atoms with Crippen molar-refractivity contribution in [3.05, 3.63) is 58.7 Å². The van der Waals surface area contributed by atoms with Crippen molar-refractivity contribution in [2.24, 2.45) is 5.73 Å². The average Bonchev–Trinajstić information content (AvgIpc) is 3.01. The van der Waals surface area contributed by atoms with E-state index in [1.54, 1.807) is 7.11 Å². The highest BCUT2D eigenvalue weighted by Crippen LogP contribution is 2.29. The van der Waals surface area contributed by atoms with Gasteiger partial charge in [0.05, 0.1) is 13.2 Å². The van der Waals surface area contributed by atoms with E-state index in [0.29, 0.717) is 13.0 Å². The van der Waals surface area contributed by atoms with E-state index in [2.05, 4.69) is 6.07 Å². The van der Waals surface area contributed by atoms with Gasteiger partial charge in [0.2, 0.25) is 5.91 Å². The number of fused-ring (bicyclic) bond motifs is 1. The first kappa shape index (κ1) is 16.5. The number of benzene rings is 2. The topological polar surface area (TPSA) is 55.6 Å². The summed E-state index contributed by atoms with van der Waals surface area (Å²) in [6.45, 7) is 4.78. The van der Waals surface area contributed by atoms with Crippen LogP contribution in [-0.4, -0.2) is 25.6 Å². The van der Waals surface area contributed by atoms with Gasteiger partial charge in [-0.2, -0.15) is 0 Å². The molecule has 0 unspecified atom stereocenters. The summed E-state index contributed by atoms with van der Waals surface area (Å²) in [4.78, 5) is 14.7. The van der Waals surface area contributed by atoms with Gasteiger partial charge >= 0.3 is 0 Å². The van der Waals surface area contributed by atoms with E-state index in [1.165, 1.54) is 5.56 Å². The van der Waals surface area contributed by atoms with E-state index >= 15 is 0 Å². The highest BCUT2D eigenvalue weighted by molar-refractivity contribution is 5.99. The number of nitrogens with two attached hydrogens (primary N) is 1. The zero-order valence-electron chi connectivity index (χ0n) is 14.5. The Kier molecular flexibility index (Phi) is 4.58. The van der Waals surface area contributed by atoms with Gasteiger partial charge < -0.3 is 15.4 Å². The highest BCUT2D eigenvalue weighted by Gasteiger charge is 2.28. The Morgan fingerprint density at radius 3 is 2.58 bits per heavy atom. The third-order valence-electron chi connectivity index (χ3n) is 4.80. The molecule has 1 amide bonds. The van der Waals surface area contributed by atoms with E-state index in [0.717, 1.165) is 34.5 Å². The van der Waals surface area contributed by atoms with Gasteiger partial charge in [-0.3, -0.25) is 4.79 Å². The Morgan fingerprint density at radius 2 is 1.92 bits per heavy atom. The lowest BCUT2D eigenvalue weighted by Gasteiger charge is -2.23. The second-order valence-corrected chi connectivity index (χ2v) is 6.42. The number of rotatable bonds is 4. The lowest BCUT2D eigenvalue weighted by molar-refractivity contribution is -0.119. The van der Waals surface area contributed by atoms with E-state index in [1.807, 2.05) is 49.1 Å². The van der Waals surface area contributed by atoms with Crippen molar-refractivity contribution in [1.29, 1.82) is 0 Å². The number of nitrogens with zero attached hydrogens (tertiary/aromatic N) is 1. The maximum atomic E-state index is 12.8. The van der Waals surface area contributed by atoms with Crippen molar-refractivity contribution in [2.75, 3.05) is 18.6 Å². The molecule has 4 heteroatoms. The van der Waals surface area contributed by atoms with Crippen molar-refractivity contribution in [3.8, 4) is 5.75 Å². The fourth-order valence-corrected chi connectivity index (χ4v) is 3.47. The van der Waals surface area contributed by atoms with Gasteiger partial charge in [0, 0.05) is 12.2 Å². The predicted molar refractivity (Wildman–Crippen MR) is 96.6 cm³/mol. The van der Waals surface area contributed by atoms with Crippen LogP contribution in [0.3, 0.4) is 0 Å². The van der Waals surface area contributed by atoms with Gasteiger partial charge in [-0.1, -0.05) is 18.2 Å². The van der Waals surface area contributed by atoms with E-state index in [4.69, 9.17) is 10.5 Å². The lowest BCUT2D eigenvalue weighted by atomic mass is 9.95. The molecule has 1 aliphatic heterocycles. The minimum Gasteiger partial charge on any atom is -0.497 e. The van der Waals surface area contributed by atoms with Gasteiger partial charge in [-0.25, -0.2) is 0 Å². The van der Waals surface area contributed by atoms with Crippen LogP contribution in [-0.2, 0) is 17.6 Å². The second kappa shape index (κ2) is 6.65. The maximum Gasteiger partial charge on any atom is 0.244 e. The molecule has 24 heavy (non-hydrogen) atoms. The van der Waals surface area contributed by atoms with Crippen LogP contribution in [0.2, 0.25) is 0 Å². The summed E-state index contributed by atoms with van der Waals surface area (Å²) in [6, 6.07) is 11.5. The Hall–Kier alpha value is -2.33. The van der Waals surface area contributed by atoms with Crippen molar-refractivity contribution in [1.82, 2.24) is 0 Å². The molecular weight excluding hydrogens is 300 g/mol. The van der Waals surface area contributed by atoms with Crippen LogP contribution in [0.1, 0.15) is 22.3 Å². The molecule has 0 spiro atoms. The Bertz CT molecular complexity index is 747. The fourth-order valence-electron chi connectivity index (χ4n) is 3.47. The lowest BCUT2D eigenvalue weighted by Crippen LogP contribution is -2.44. The molecule has 0 saturated carbocycles. The van der Waals surface area contributed by atoms with E-state index < -0.39 is 6.04 Å². The molecule has 0 aromatic heterocycles. The van der Waals surface area contributed by atoms with Crippen molar-refractivity contribution in [3.63, 3.8) is 0 Å². The first-order valence-electron chi connectivity index (χ1n) is 8.30. The quantitative estimate of drug-likeness (QED) is 0.941. The van der Waals surface area contributed by atoms with E-state index in [-0.39, 0.29) is 5.91 Å². The second-order valence-electron chi connectivity index (χ2n) is 6.42. The molecule has 4 nitrogen and oxygen atoms in total. The minimum absolute atomic E-state index is 0.00503. The first-order chi connectivity index (χ1) is 11.5. The van der Waals surface area contributed by atoms with Crippen molar-refractivity contribution in [2.45, 2.75) is 32.7 Å². The van der Waals surface area contributed by atoms with Crippen LogP contribution in [0.25, 0.3) is 0 Å². The van der Waals surface area contributed by atoms with E-state index in [9.17, 15) is 4.79 Å². The third-order valence-corrected chi connectivity index (χ3v) is 4.80. The maximum absolute atomic E-state index is 12.8. The Labute approximate surface area is 143 Å². The fraction of sp³-hybridized carbons (Fsp3) is 0.350. The molecular formula is C20H24N2O2. The number of ether oxygens (including phenoxy) is 1. The van der Waals surface area contributed by atoms with Crippen LogP contribution < -0.4 is 15.4 Å². The molecule has 0 saturated heterocycles. The molecule has 1 heterocycles. The van der Waals surface area contributed by atoms with Crippen LogP contribution in [0.5, 0.6) is 5.75 Å². The third kappa shape index (κ3) is 3.02. The molecule has 2 aromatic rings. The summed E-state index contributed by atoms with van der Waals surface area (Å²) in [5, 5.41) is 0. The number of amides is 1. The molecule has 1 aliphatic rings. The number of para-hydroxylation sites is 1. The molecule has 0 bridgehead atoms. The predicted octanol–water partition coefficient (Wildman–Crippen LogP) is 2.77. The average molecular weight is 324 g/mol. The Morgan fingerprint density at radius 1 is 1.25 bits per heavy atom. The van der Waals surface area contributed by atoms with Crippen LogP contribution in [0, 0.1) is 13.8 Å². The summed E-state index contributed by atoms with van der Waals surface area (Å²) in [5.41, 5.74) is 11.8. The van der Waals surface area contributed by atoms with Crippen LogP contribution in [0.4, 0.5) is 5.69 Å². The smallest absolute Gasteiger partial charge is 0.244 e. The number of anilines is 1. The normalized spacial score (nSPS) is 14.4. The van der Waals surface area contributed by atoms with Gasteiger partial charge in [0.1, 0.15) is 5.75 Å². The van der Waals surface area contributed by atoms with Gasteiger partial charge in [-0.15, -0.1) is 0 Å². The summed E-state index contributed by atoms with van der Waals surface area (Å²) >= 11 is 0. The monoisotopic (exact) mass is 324 g/mol. The minimum atomic E-state index is -0.540. The number of methoxy groups -OCH3 is 1. The van der Waals surface area contributed by atoms with Gasteiger partial charge in [0.25, 0.3) is 0 Å². The summed E-state index contributed by atoms with van der Waals surface area (Å²) in [5.74, 6) is 0.830. The number of aryl methyl sites for hydroxylation is 2. The zero-order valence-corrected chi connectivity index (χ0v) is 14.5. The number of hydrogen-bond donors (Lipinski definition) is 1. The summed E-state index contributed by atoms with van der Waals surface area (Å²) in [6.07, 6.45) is 1.44. The molecule has 0 radical (unpaired) electrons. The van der Waals surface area contributed by atoms with Crippen molar-refractivity contribution >= 4 is 11.6 Å². The molecule has 2 aromatic carbocycles. The molecule has 0 fully saturated rings. The summed E-state index contributed by atoms with van der Waals surface area (Å²) < 4.78 is 5.30. The standard InChI is InChI=1S/C20H24N2O2/c1-13-10-16(24-3)11-14(2)17(13)12-18(21)20(23)22-9-8-15-6-4-5-7-19(15)22/h4-7,10-11,18H,8-9,12,21H2,1-3H3/t18-/m0/s1. The van der Waals surface area contributed by atoms with Crippen LogP contribution >= 0.6 is 0 Å². The molecule has 2 N–H and O–H groups in total. The number of carbonyl (C=O) groups excluding carboxylic acids is 1. The SMILES string of the molecule is COc1cc(C)c(C[C@H](N)C(=O)N2CCc3ccccc32)c(C)c1. The van der Waals surface area contributed by atoms with Gasteiger partial charge in [0.15, 0.2) is 0 Å². The van der Waals surface area contributed by atoms with Crippen LogP contribution in [0.15, 0.2) is 36.4 Å². The number of hydrogen-bond acceptors (Lipinski definition) is 3. The zero-order chi connectivity index (χ0) is 17.3. The summed E-state index contributed by atoms with van der Waals surface area (Å²) in [7, 11) is 1.66.